The van der Waals surface area contributed by atoms with Gasteiger partial charge >= 0.3 is 6.09 Å². The summed E-state index contributed by atoms with van der Waals surface area (Å²) in [7, 11) is 0. The minimum Gasteiger partial charge on any atom is -0.444 e. The standard InChI is InChI=1S/C19H26ClNO3/c1-14(22)19(13-15-5-7-16(20)8-6-15)9-11-21(12-10-19)17(23)24-18(2,3)4/h5-8H,9-13H2,1-4H3. The molecule has 0 aliphatic carbocycles. The highest BCUT2D eigenvalue weighted by atomic mass is 35.5. The van der Waals surface area contributed by atoms with E-state index in [1.54, 1.807) is 11.8 Å². The van der Waals surface area contributed by atoms with Gasteiger partial charge in [0.1, 0.15) is 11.4 Å². The summed E-state index contributed by atoms with van der Waals surface area (Å²) in [6.07, 6.45) is 1.70. The van der Waals surface area contributed by atoms with E-state index in [1.165, 1.54) is 0 Å². The molecule has 1 aromatic rings. The molecular weight excluding hydrogens is 326 g/mol. The first-order valence-corrected chi connectivity index (χ1v) is 8.73. The Hall–Kier alpha value is -1.55. The molecule has 24 heavy (non-hydrogen) atoms. The molecule has 0 unspecified atom stereocenters. The molecular formula is C19H26ClNO3. The lowest BCUT2D eigenvalue weighted by molar-refractivity contribution is -0.129. The van der Waals surface area contributed by atoms with E-state index in [-0.39, 0.29) is 11.9 Å². The Kier molecular flexibility index (Phi) is 5.59. The molecule has 0 atom stereocenters. The second-order valence-corrected chi connectivity index (χ2v) is 8.04. The average Bonchev–Trinajstić information content (AvgIpc) is 2.48. The molecule has 0 saturated carbocycles. The maximum Gasteiger partial charge on any atom is 0.410 e. The van der Waals surface area contributed by atoms with Gasteiger partial charge in [0.25, 0.3) is 0 Å². The summed E-state index contributed by atoms with van der Waals surface area (Å²) in [6, 6.07) is 7.63. The van der Waals surface area contributed by atoms with E-state index >= 15 is 0 Å². The van der Waals surface area contributed by atoms with Crippen molar-refractivity contribution in [3.8, 4) is 0 Å². The van der Waals surface area contributed by atoms with E-state index in [1.807, 2.05) is 45.0 Å². The Labute approximate surface area is 149 Å². The normalized spacial score (nSPS) is 17.5. The van der Waals surface area contributed by atoms with Gasteiger partial charge < -0.3 is 9.64 Å². The van der Waals surface area contributed by atoms with Gasteiger partial charge in [-0.25, -0.2) is 4.79 Å². The molecule has 1 saturated heterocycles. The smallest absolute Gasteiger partial charge is 0.410 e. The minimum absolute atomic E-state index is 0.182. The van der Waals surface area contributed by atoms with Crippen molar-refractivity contribution in [2.45, 2.75) is 52.6 Å². The Morgan fingerprint density at radius 1 is 1.17 bits per heavy atom. The number of carbonyl (C=O) groups is 2. The highest BCUT2D eigenvalue weighted by molar-refractivity contribution is 6.30. The molecule has 0 bridgehead atoms. The average molecular weight is 352 g/mol. The molecule has 0 N–H and O–H groups in total. The maximum atomic E-state index is 12.3. The fourth-order valence-electron chi connectivity index (χ4n) is 3.09. The summed E-state index contributed by atoms with van der Waals surface area (Å²) in [5.74, 6) is 0.182. The number of Topliss-reactive ketones (excluding diaryl/α,β-unsaturated/α-hetero) is 1. The zero-order valence-electron chi connectivity index (χ0n) is 14.9. The number of carbonyl (C=O) groups excluding carboxylic acids is 2. The van der Waals surface area contributed by atoms with Gasteiger partial charge in [-0.2, -0.15) is 0 Å². The number of likely N-dealkylation sites (tertiary alicyclic amines) is 1. The quantitative estimate of drug-likeness (QED) is 0.806. The van der Waals surface area contributed by atoms with Crippen molar-refractivity contribution in [3.63, 3.8) is 0 Å². The van der Waals surface area contributed by atoms with Crippen LogP contribution in [0.4, 0.5) is 4.79 Å². The molecule has 2 rings (SSSR count). The van der Waals surface area contributed by atoms with Crippen molar-refractivity contribution in [1.82, 2.24) is 4.90 Å². The number of hydrogen-bond donors (Lipinski definition) is 0. The molecule has 0 spiro atoms. The van der Waals surface area contributed by atoms with E-state index in [9.17, 15) is 9.59 Å². The van der Waals surface area contributed by atoms with Crippen LogP contribution in [0.2, 0.25) is 5.02 Å². The second-order valence-electron chi connectivity index (χ2n) is 7.61. The number of hydrogen-bond acceptors (Lipinski definition) is 3. The predicted octanol–water partition coefficient (Wildman–Crippen LogP) is 4.49. The fourth-order valence-corrected chi connectivity index (χ4v) is 3.22. The zero-order chi connectivity index (χ0) is 18.0. The van der Waals surface area contributed by atoms with Crippen LogP contribution in [0.15, 0.2) is 24.3 Å². The van der Waals surface area contributed by atoms with Gasteiger partial charge in [0.05, 0.1) is 0 Å². The number of piperidine rings is 1. The minimum atomic E-state index is -0.504. The first kappa shape index (κ1) is 18.8. The topological polar surface area (TPSA) is 46.6 Å². The van der Waals surface area contributed by atoms with Crippen molar-refractivity contribution in [2.24, 2.45) is 5.41 Å². The van der Waals surface area contributed by atoms with Gasteiger partial charge in [0.15, 0.2) is 0 Å². The van der Waals surface area contributed by atoms with Gasteiger partial charge in [-0.15, -0.1) is 0 Å². The SMILES string of the molecule is CC(=O)C1(Cc2ccc(Cl)cc2)CCN(C(=O)OC(C)(C)C)CC1. The predicted molar refractivity (Wildman–Crippen MR) is 95.3 cm³/mol. The molecule has 1 fully saturated rings. The molecule has 1 aromatic carbocycles. The van der Waals surface area contributed by atoms with Crippen LogP contribution < -0.4 is 0 Å². The van der Waals surface area contributed by atoms with Crippen LogP contribution in [0.1, 0.15) is 46.1 Å². The molecule has 4 nitrogen and oxygen atoms in total. The third-order valence-corrected chi connectivity index (χ3v) is 4.83. The van der Waals surface area contributed by atoms with E-state index < -0.39 is 11.0 Å². The van der Waals surface area contributed by atoms with E-state index in [2.05, 4.69) is 0 Å². The lowest BCUT2D eigenvalue weighted by Gasteiger charge is -2.40. The number of rotatable bonds is 3. The third-order valence-electron chi connectivity index (χ3n) is 4.57. The van der Waals surface area contributed by atoms with Crippen LogP contribution in [0.5, 0.6) is 0 Å². The van der Waals surface area contributed by atoms with Gasteiger partial charge in [-0.1, -0.05) is 23.7 Å². The molecule has 1 heterocycles. The van der Waals surface area contributed by atoms with Crippen molar-refractivity contribution < 1.29 is 14.3 Å². The summed E-state index contributed by atoms with van der Waals surface area (Å²) in [5.41, 5.74) is 0.183. The summed E-state index contributed by atoms with van der Waals surface area (Å²) in [5, 5.41) is 0.690. The highest BCUT2D eigenvalue weighted by Gasteiger charge is 2.40. The van der Waals surface area contributed by atoms with Gasteiger partial charge in [-0.3, -0.25) is 4.79 Å². The zero-order valence-corrected chi connectivity index (χ0v) is 15.7. The van der Waals surface area contributed by atoms with Crippen molar-refractivity contribution in [3.05, 3.63) is 34.9 Å². The van der Waals surface area contributed by atoms with Gasteiger partial charge in [-0.05, 0) is 64.7 Å². The summed E-state index contributed by atoms with van der Waals surface area (Å²) in [4.78, 5) is 26.2. The van der Waals surface area contributed by atoms with E-state index in [4.69, 9.17) is 16.3 Å². The highest BCUT2D eigenvalue weighted by Crippen LogP contribution is 2.36. The first-order valence-electron chi connectivity index (χ1n) is 8.35. The van der Waals surface area contributed by atoms with Crippen molar-refractivity contribution in [2.75, 3.05) is 13.1 Å². The van der Waals surface area contributed by atoms with Crippen LogP contribution in [-0.4, -0.2) is 35.5 Å². The maximum absolute atomic E-state index is 12.3. The Morgan fingerprint density at radius 3 is 2.17 bits per heavy atom. The molecule has 5 heteroatoms. The van der Waals surface area contributed by atoms with Crippen LogP contribution in [0, 0.1) is 5.41 Å². The molecule has 1 amide bonds. The van der Waals surface area contributed by atoms with E-state index in [0.717, 1.165) is 5.56 Å². The van der Waals surface area contributed by atoms with Crippen LogP contribution in [0.25, 0.3) is 0 Å². The Morgan fingerprint density at radius 2 is 1.71 bits per heavy atom. The molecule has 1 aliphatic rings. The Bertz CT molecular complexity index is 596. The Balaban J connectivity index is 2.05. The van der Waals surface area contributed by atoms with Gasteiger partial charge in [0.2, 0.25) is 0 Å². The summed E-state index contributed by atoms with van der Waals surface area (Å²) in [6.45, 7) is 8.31. The second kappa shape index (κ2) is 7.14. The number of ketones is 1. The fraction of sp³-hybridized carbons (Fsp3) is 0.579. The lowest BCUT2D eigenvalue weighted by atomic mass is 9.71. The van der Waals surface area contributed by atoms with Crippen LogP contribution >= 0.6 is 11.6 Å². The van der Waals surface area contributed by atoms with Crippen molar-refractivity contribution >= 4 is 23.5 Å². The monoisotopic (exact) mass is 351 g/mol. The molecule has 1 aliphatic heterocycles. The van der Waals surface area contributed by atoms with Crippen LogP contribution in [-0.2, 0) is 16.0 Å². The summed E-state index contributed by atoms with van der Waals surface area (Å²) >= 11 is 5.93. The number of halogens is 1. The molecule has 0 radical (unpaired) electrons. The van der Waals surface area contributed by atoms with E-state index in [0.29, 0.717) is 37.4 Å². The number of ether oxygens (including phenoxy) is 1. The summed E-state index contributed by atoms with van der Waals surface area (Å²) < 4.78 is 5.42. The third kappa shape index (κ3) is 4.73. The van der Waals surface area contributed by atoms with Crippen LogP contribution in [0.3, 0.4) is 0 Å². The first-order chi connectivity index (χ1) is 11.1. The van der Waals surface area contributed by atoms with Gasteiger partial charge in [0, 0.05) is 23.5 Å². The number of nitrogens with zero attached hydrogens (tertiary/aromatic N) is 1. The molecule has 132 valence electrons. The van der Waals surface area contributed by atoms with Crippen molar-refractivity contribution in [1.29, 1.82) is 0 Å². The molecule has 0 aromatic heterocycles. The largest absolute Gasteiger partial charge is 0.444 e. The number of benzene rings is 1. The lowest BCUT2D eigenvalue weighted by Crippen LogP contribution is -2.48. The number of amides is 1.